The Hall–Kier alpha value is -2.25. The van der Waals surface area contributed by atoms with E-state index in [9.17, 15) is 14.4 Å². The van der Waals surface area contributed by atoms with Crippen molar-refractivity contribution in [2.45, 2.75) is 38.3 Å². The van der Waals surface area contributed by atoms with E-state index in [-0.39, 0.29) is 36.4 Å². The first-order valence-electron chi connectivity index (χ1n) is 9.62. The number of rotatable bonds is 4. The number of amides is 3. The molecule has 3 heterocycles. The average Bonchev–Trinajstić information content (AvgIpc) is 3.37. The predicted molar refractivity (Wildman–Crippen MR) is 98.4 cm³/mol. The zero-order valence-electron chi connectivity index (χ0n) is 15.5. The van der Waals surface area contributed by atoms with Crippen LogP contribution >= 0.6 is 0 Å². The van der Waals surface area contributed by atoms with E-state index < -0.39 is 0 Å². The molecule has 7 heteroatoms. The number of hydrogen-bond acceptors (Lipinski definition) is 5. The largest absolute Gasteiger partial charge is 0.376 e. The molecule has 144 valence electrons. The maximum atomic E-state index is 12.9. The molecule has 2 N–H and O–H groups in total. The molecule has 3 aliphatic heterocycles. The Morgan fingerprint density at radius 3 is 2.70 bits per heavy atom. The van der Waals surface area contributed by atoms with E-state index in [0.29, 0.717) is 42.3 Å². The number of nitrogens with two attached hydrogens (primary N) is 1. The quantitative estimate of drug-likeness (QED) is 0.805. The van der Waals surface area contributed by atoms with Crippen LogP contribution in [0.5, 0.6) is 0 Å². The lowest BCUT2D eigenvalue weighted by Crippen LogP contribution is -2.36. The van der Waals surface area contributed by atoms with Gasteiger partial charge in [-0.05, 0) is 56.8 Å². The summed E-state index contributed by atoms with van der Waals surface area (Å²) in [7, 11) is 0. The lowest BCUT2D eigenvalue weighted by atomic mass is 10.0. The minimum absolute atomic E-state index is 0.0908. The van der Waals surface area contributed by atoms with Crippen molar-refractivity contribution in [1.29, 1.82) is 0 Å². The Kier molecular flexibility index (Phi) is 4.74. The summed E-state index contributed by atoms with van der Waals surface area (Å²) in [4.78, 5) is 41.3. The van der Waals surface area contributed by atoms with Crippen LogP contribution in [0.4, 0.5) is 0 Å². The van der Waals surface area contributed by atoms with Crippen LogP contribution in [0.1, 0.15) is 57.3 Å². The SMILES string of the molecule is CC1CC(CN)CN1C(=O)c1ccc2c(c1)C(=O)N(CC1CCCO1)C2=O. The number of likely N-dealkylation sites (tertiary alicyclic amines) is 1. The topological polar surface area (TPSA) is 92.9 Å². The van der Waals surface area contributed by atoms with Gasteiger partial charge >= 0.3 is 0 Å². The van der Waals surface area contributed by atoms with Gasteiger partial charge in [0.25, 0.3) is 17.7 Å². The molecule has 0 aliphatic carbocycles. The molecule has 2 saturated heterocycles. The minimum Gasteiger partial charge on any atom is -0.376 e. The summed E-state index contributed by atoms with van der Waals surface area (Å²) in [6.45, 7) is 4.15. The van der Waals surface area contributed by atoms with Gasteiger partial charge in [-0.3, -0.25) is 19.3 Å². The Balaban J connectivity index is 1.55. The molecule has 0 saturated carbocycles. The van der Waals surface area contributed by atoms with Gasteiger partial charge in [-0.1, -0.05) is 0 Å². The van der Waals surface area contributed by atoms with Gasteiger partial charge in [-0.15, -0.1) is 0 Å². The zero-order chi connectivity index (χ0) is 19.1. The van der Waals surface area contributed by atoms with Crippen molar-refractivity contribution in [3.05, 3.63) is 34.9 Å². The fourth-order valence-corrected chi connectivity index (χ4v) is 4.34. The molecule has 3 unspecified atom stereocenters. The summed E-state index contributed by atoms with van der Waals surface area (Å²) in [5, 5.41) is 0. The molecule has 7 nitrogen and oxygen atoms in total. The predicted octanol–water partition coefficient (Wildman–Crippen LogP) is 1.27. The Morgan fingerprint density at radius 1 is 1.26 bits per heavy atom. The summed E-state index contributed by atoms with van der Waals surface area (Å²) in [6.07, 6.45) is 2.60. The fourth-order valence-electron chi connectivity index (χ4n) is 4.34. The third-order valence-electron chi connectivity index (χ3n) is 5.88. The van der Waals surface area contributed by atoms with Crippen LogP contribution in [-0.4, -0.2) is 65.9 Å². The maximum Gasteiger partial charge on any atom is 0.261 e. The van der Waals surface area contributed by atoms with Crippen LogP contribution in [0.25, 0.3) is 0 Å². The molecular formula is C20H25N3O4. The molecule has 2 fully saturated rings. The smallest absolute Gasteiger partial charge is 0.261 e. The molecule has 0 aromatic heterocycles. The molecule has 27 heavy (non-hydrogen) atoms. The Morgan fingerprint density at radius 2 is 2.04 bits per heavy atom. The number of carbonyl (C=O) groups is 3. The highest BCUT2D eigenvalue weighted by Crippen LogP contribution is 2.28. The van der Waals surface area contributed by atoms with Gasteiger partial charge in [0.15, 0.2) is 0 Å². The first-order chi connectivity index (χ1) is 13.0. The first kappa shape index (κ1) is 18.1. The minimum atomic E-state index is -0.338. The van der Waals surface area contributed by atoms with Gasteiger partial charge in [-0.25, -0.2) is 0 Å². The number of imide groups is 1. The number of benzene rings is 1. The highest BCUT2D eigenvalue weighted by molar-refractivity contribution is 6.22. The Bertz CT molecular complexity index is 787. The number of hydrogen-bond donors (Lipinski definition) is 1. The highest BCUT2D eigenvalue weighted by Gasteiger charge is 2.39. The van der Waals surface area contributed by atoms with E-state index >= 15 is 0 Å². The van der Waals surface area contributed by atoms with Gasteiger partial charge in [0.05, 0.1) is 23.8 Å². The lowest BCUT2D eigenvalue weighted by Gasteiger charge is -2.21. The summed E-state index contributed by atoms with van der Waals surface area (Å²) < 4.78 is 5.56. The number of ether oxygens (including phenoxy) is 1. The van der Waals surface area contributed by atoms with Crippen molar-refractivity contribution in [2.75, 3.05) is 26.2 Å². The maximum absolute atomic E-state index is 12.9. The van der Waals surface area contributed by atoms with Crippen LogP contribution in [0, 0.1) is 5.92 Å². The molecule has 3 atom stereocenters. The highest BCUT2D eigenvalue weighted by atomic mass is 16.5. The third kappa shape index (κ3) is 3.15. The third-order valence-corrected chi connectivity index (χ3v) is 5.88. The fraction of sp³-hybridized carbons (Fsp3) is 0.550. The van der Waals surface area contributed by atoms with Crippen LogP contribution in [0.2, 0.25) is 0 Å². The zero-order valence-corrected chi connectivity index (χ0v) is 15.5. The van der Waals surface area contributed by atoms with Gasteiger partial charge in [0.1, 0.15) is 0 Å². The van der Waals surface area contributed by atoms with Gasteiger partial charge in [-0.2, -0.15) is 0 Å². The normalized spacial score (nSPS) is 27.6. The average molecular weight is 371 g/mol. The van der Waals surface area contributed by atoms with Crippen molar-refractivity contribution in [2.24, 2.45) is 11.7 Å². The molecule has 1 aromatic carbocycles. The first-order valence-corrected chi connectivity index (χ1v) is 9.62. The number of nitrogens with zero attached hydrogens (tertiary/aromatic N) is 2. The van der Waals surface area contributed by atoms with Gasteiger partial charge in [0, 0.05) is 24.8 Å². The molecule has 0 spiro atoms. The van der Waals surface area contributed by atoms with Gasteiger partial charge in [0.2, 0.25) is 0 Å². The standard InChI is InChI=1S/C20H25N3O4/c1-12-7-13(9-21)10-22(12)18(24)14-4-5-16-17(8-14)20(26)23(19(16)25)11-15-3-2-6-27-15/h4-5,8,12-13,15H,2-3,6-7,9-11,21H2,1H3. The second-order valence-electron chi connectivity index (χ2n) is 7.76. The van der Waals surface area contributed by atoms with Crippen molar-refractivity contribution >= 4 is 17.7 Å². The van der Waals surface area contributed by atoms with Crippen LogP contribution < -0.4 is 5.73 Å². The van der Waals surface area contributed by atoms with Crippen LogP contribution in [0.3, 0.4) is 0 Å². The number of carbonyl (C=O) groups excluding carboxylic acids is 3. The summed E-state index contributed by atoms with van der Waals surface area (Å²) in [5.41, 5.74) is 6.87. The molecule has 0 radical (unpaired) electrons. The van der Waals surface area contributed by atoms with E-state index in [4.69, 9.17) is 10.5 Å². The molecule has 3 amide bonds. The van der Waals surface area contributed by atoms with Crippen LogP contribution in [-0.2, 0) is 4.74 Å². The van der Waals surface area contributed by atoms with E-state index in [2.05, 4.69) is 0 Å². The monoisotopic (exact) mass is 371 g/mol. The second kappa shape index (κ2) is 7.05. The van der Waals surface area contributed by atoms with E-state index in [1.54, 1.807) is 18.2 Å². The number of fused-ring (bicyclic) bond motifs is 1. The summed E-state index contributed by atoms with van der Waals surface area (Å²) >= 11 is 0. The summed E-state index contributed by atoms with van der Waals surface area (Å²) in [6, 6.07) is 4.92. The van der Waals surface area contributed by atoms with Crippen LogP contribution in [0.15, 0.2) is 18.2 Å². The van der Waals surface area contributed by atoms with E-state index in [0.717, 1.165) is 19.3 Å². The van der Waals surface area contributed by atoms with Crippen molar-refractivity contribution in [1.82, 2.24) is 9.80 Å². The van der Waals surface area contributed by atoms with Gasteiger partial charge < -0.3 is 15.4 Å². The van der Waals surface area contributed by atoms with E-state index in [1.165, 1.54) is 4.90 Å². The van der Waals surface area contributed by atoms with E-state index in [1.807, 2.05) is 11.8 Å². The second-order valence-corrected chi connectivity index (χ2v) is 7.76. The molecule has 3 aliphatic rings. The molecule has 4 rings (SSSR count). The lowest BCUT2D eigenvalue weighted by molar-refractivity contribution is 0.0475. The summed E-state index contributed by atoms with van der Waals surface area (Å²) in [5.74, 6) is -0.445. The van der Waals surface area contributed by atoms with Crippen molar-refractivity contribution in [3.63, 3.8) is 0 Å². The van der Waals surface area contributed by atoms with Crippen molar-refractivity contribution in [3.8, 4) is 0 Å². The molecule has 1 aromatic rings. The van der Waals surface area contributed by atoms with Crippen molar-refractivity contribution < 1.29 is 19.1 Å². The molecular weight excluding hydrogens is 346 g/mol. The molecule has 0 bridgehead atoms. The Labute approximate surface area is 158 Å².